The summed E-state index contributed by atoms with van der Waals surface area (Å²) in [7, 11) is -1.53. The number of hydrogen-bond donors (Lipinski definition) is 4. The number of phosphoric ester groups is 1. The van der Waals surface area contributed by atoms with E-state index in [9.17, 15) is 19.6 Å². The third-order valence-corrected chi connectivity index (χ3v) is 3.81. The van der Waals surface area contributed by atoms with E-state index >= 15 is 0 Å². The summed E-state index contributed by atoms with van der Waals surface area (Å²) in [6, 6.07) is 1.50. The molecule has 1 fully saturated rings. The number of nitrogens with zero attached hydrogens (tertiary/aromatic N) is 3. The van der Waals surface area contributed by atoms with Gasteiger partial charge in [0.05, 0.1) is 6.61 Å². The Morgan fingerprint density at radius 1 is 1.48 bits per heavy atom. The monoisotopic (exact) mass is 351 g/mol. The fraction of sp³-hybridized carbons (Fsp3) is 0.636. The smallest absolute Gasteiger partial charge is 0.394 e. The largest absolute Gasteiger partial charge is 0.470 e. The highest BCUT2D eigenvalue weighted by Gasteiger charge is 2.48. The summed E-state index contributed by atoms with van der Waals surface area (Å²) in [5, 5.41) is 19.4. The van der Waals surface area contributed by atoms with E-state index in [2.05, 4.69) is 9.51 Å². The molecule has 0 bridgehead atoms. The van der Waals surface area contributed by atoms with Crippen molar-refractivity contribution in [2.75, 3.05) is 25.6 Å². The Kier molecular flexibility index (Phi) is 5.21. The Bertz CT molecular complexity index is 659. The minimum absolute atomic E-state index is 0.389. The zero-order chi connectivity index (χ0) is 17.4. The third kappa shape index (κ3) is 3.96. The Morgan fingerprint density at radius 2 is 2.13 bits per heavy atom. The maximum absolute atomic E-state index is 12.0. The van der Waals surface area contributed by atoms with E-state index in [0.29, 0.717) is 5.82 Å². The van der Waals surface area contributed by atoms with Crippen LogP contribution in [-0.2, 0) is 13.8 Å². The summed E-state index contributed by atoms with van der Waals surface area (Å²) in [6.45, 7) is -0.657. The van der Waals surface area contributed by atoms with Gasteiger partial charge in [0.15, 0.2) is 6.23 Å². The van der Waals surface area contributed by atoms with Gasteiger partial charge in [-0.15, -0.1) is 0 Å². The van der Waals surface area contributed by atoms with Gasteiger partial charge in [-0.25, -0.2) is 9.36 Å². The lowest BCUT2D eigenvalue weighted by atomic mass is 10.1. The molecule has 23 heavy (non-hydrogen) atoms. The summed E-state index contributed by atoms with van der Waals surface area (Å²) in [5.74, 6) is 0.389. The highest BCUT2D eigenvalue weighted by atomic mass is 31.2. The molecule has 1 saturated heterocycles. The van der Waals surface area contributed by atoms with Crippen LogP contribution in [0.5, 0.6) is 0 Å². The molecular formula is C11H18N3O8P. The fourth-order valence-corrected chi connectivity index (χ4v) is 2.81. The average Bonchev–Trinajstić information content (AvgIpc) is 2.74. The van der Waals surface area contributed by atoms with Crippen LogP contribution < -0.4 is 10.6 Å². The second-order valence-electron chi connectivity index (χ2n) is 5.17. The van der Waals surface area contributed by atoms with Crippen LogP contribution in [0.4, 0.5) is 5.82 Å². The van der Waals surface area contributed by atoms with Crippen LogP contribution in [0.15, 0.2) is 17.1 Å². The van der Waals surface area contributed by atoms with Crippen molar-refractivity contribution < 1.29 is 33.8 Å². The maximum Gasteiger partial charge on any atom is 0.470 e. The normalized spacial score (nSPS) is 28.1. The Morgan fingerprint density at radius 3 is 2.61 bits per heavy atom. The van der Waals surface area contributed by atoms with Crippen molar-refractivity contribution >= 4 is 13.6 Å². The first-order valence-electron chi connectivity index (χ1n) is 6.59. The molecule has 1 aromatic heterocycles. The minimum Gasteiger partial charge on any atom is -0.394 e. The summed E-state index contributed by atoms with van der Waals surface area (Å²) < 4.78 is 21.7. The van der Waals surface area contributed by atoms with Gasteiger partial charge >= 0.3 is 13.5 Å². The predicted octanol–water partition coefficient (Wildman–Crippen LogP) is -1.96. The Balaban J connectivity index is 2.31. The number of aromatic nitrogens is 2. The van der Waals surface area contributed by atoms with Crippen LogP contribution in [0, 0.1) is 0 Å². The van der Waals surface area contributed by atoms with Gasteiger partial charge in [-0.1, -0.05) is 0 Å². The summed E-state index contributed by atoms with van der Waals surface area (Å²) in [5.41, 5.74) is -0.728. The fourth-order valence-electron chi connectivity index (χ4n) is 2.23. The molecule has 11 nitrogen and oxygen atoms in total. The van der Waals surface area contributed by atoms with Crippen LogP contribution >= 0.6 is 7.82 Å². The zero-order valence-corrected chi connectivity index (χ0v) is 13.3. The van der Waals surface area contributed by atoms with E-state index in [1.54, 1.807) is 19.0 Å². The molecule has 0 radical (unpaired) electrons. The average molecular weight is 351 g/mol. The van der Waals surface area contributed by atoms with Gasteiger partial charge in [0.25, 0.3) is 0 Å². The number of anilines is 1. The number of rotatable bonds is 5. The van der Waals surface area contributed by atoms with E-state index in [4.69, 9.17) is 14.5 Å². The lowest BCUT2D eigenvalue weighted by Gasteiger charge is -2.20. The topological polar surface area (TPSA) is 155 Å². The van der Waals surface area contributed by atoms with Crippen molar-refractivity contribution in [3.05, 3.63) is 22.7 Å². The second kappa shape index (κ2) is 6.65. The Labute approximate surface area is 131 Å². The van der Waals surface area contributed by atoms with Crippen molar-refractivity contribution in [1.82, 2.24) is 9.55 Å². The van der Waals surface area contributed by atoms with Gasteiger partial charge in [-0.05, 0) is 6.07 Å². The number of hydrogen-bond acceptors (Lipinski definition) is 8. The molecule has 2 rings (SSSR count). The molecule has 0 unspecified atom stereocenters. The summed E-state index contributed by atoms with van der Waals surface area (Å²) >= 11 is 0. The van der Waals surface area contributed by atoms with E-state index in [0.717, 1.165) is 4.57 Å². The molecule has 0 spiro atoms. The van der Waals surface area contributed by atoms with Crippen LogP contribution in [0.3, 0.4) is 0 Å². The SMILES string of the molecule is CN(C)c1ccn([C@@H]2O[C@H](CO)[C@@H](OP(=O)(O)O)[C@H]2O)c(=O)n1. The number of ether oxygens (including phenoxy) is 1. The second-order valence-corrected chi connectivity index (χ2v) is 6.36. The molecule has 4 N–H and O–H groups in total. The van der Waals surface area contributed by atoms with Gasteiger partial charge in [0, 0.05) is 20.3 Å². The Hall–Kier alpha value is -1.33. The first-order chi connectivity index (χ1) is 10.6. The van der Waals surface area contributed by atoms with Crippen LogP contribution in [0.2, 0.25) is 0 Å². The van der Waals surface area contributed by atoms with E-state index in [-0.39, 0.29) is 0 Å². The quantitative estimate of drug-likeness (QED) is 0.439. The van der Waals surface area contributed by atoms with Crippen molar-refractivity contribution in [2.45, 2.75) is 24.5 Å². The molecule has 4 atom stereocenters. The molecule has 0 saturated carbocycles. The lowest BCUT2D eigenvalue weighted by molar-refractivity contribution is -0.0548. The number of phosphoric acid groups is 1. The highest BCUT2D eigenvalue weighted by molar-refractivity contribution is 7.46. The third-order valence-electron chi connectivity index (χ3n) is 3.30. The molecule has 1 aromatic rings. The van der Waals surface area contributed by atoms with Crippen LogP contribution in [0.1, 0.15) is 6.23 Å². The first kappa shape index (κ1) is 18.0. The first-order valence-corrected chi connectivity index (χ1v) is 8.12. The molecule has 0 aromatic carbocycles. The molecule has 0 aliphatic carbocycles. The highest BCUT2D eigenvalue weighted by Crippen LogP contribution is 2.43. The molecule has 1 aliphatic rings. The van der Waals surface area contributed by atoms with Gasteiger partial charge in [-0.3, -0.25) is 9.09 Å². The molecule has 130 valence electrons. The van der Waals surface area contributed by atoms with Crippen LogP contribution in [0.25, 0.3) is 0 Å². The van der Waals surface area contributed by atoms with Gasteiger partial charge in [-0.2, -0.15) is 4.98 Å². The van der Waals surface area contributed by atoms with E-state index < -0.39 is 44.7 Å². The zero-order valence-electron chi connectivity index (χ0n) is 12.4. The van der Waals surface area contributed by atoms with Gasteiger partial charge < -0.3 is 29.6 Å². The summed E-state index contributed by atoms with van der Waals surface area (Å²) in [6.07, 6.45) is -4.24. The van der Waals surface area contributed by atoms with Crippen molar-refractivity contribution in [3.8, 4) is 0 Å². The van der Waals surface area contributed by atoms with Crippen molar-refractivity contribution in [2.24, 2.45) is 0 Å². The van der Waals surface area contributed by atoms with Crippen LogP contribution in [-0.4, -0.2) is 68.6 Å². The predicted molar refractivity (Wildman–Crippen MR) is 76.7 cm³/mol. The summed E-state index contributed by atoms with van der Waals surface area (Å²) in [4.78, 5) is 35.2. The molecule has 2 heterocycles. The molecule has 12 heteroatoms. The standard InChI is InChI=1S/C11H18N3O8P/c1-13(2)7-3-4-14(11(17)12-7)10-8(16)9(6(5-15)21-10)22-23(18,19)20/h3-4,6,8-10,15-16H,5H2,1-2H3,(H2,18,19,20)/t6-,8-,9-,10-/m1/s1. The lowest BCUT2D eigenvalue weighted by Crippen LogP contribution is -2.37. The maximum atomic E-state index is 12.0. The number of aliphatic hydroxyl groups excluding tert-OH is 2. The van der Waals surface area contributed by atoms with Crippen molar-refractivity contribution in [3.63, 3.8) is 0 Å². The molecule has 1 aliphatic heterocycles. The van der Waals surface area contributed by atoms with E-state index in [1.807, 2.05) is 0 Å². The molecule has 0 amide bonds. The number of aliphatic hydroxyl groups is 2. The van der Waals surface area contributed by atoms with Gasteiger partial charge in [0.1, 0.15) is 24.1 Å². The van der Waals surface area contributed by atoms with Gasteiger partial charge in [0.2, 0.25) is 0 Å². The molecular weight excluding hydrogens is 333 g/mol. The minimum atomic E-state index is -4.91. The van der Waals surface area contributed by atoms with Crippen molar-refractivity contribution in [1.29, 1.82) is 0 Å². The van der Waals surface area contributed by atoms with E-state index in [1.165, 1.54) is 12.3 Å².